The van der Waals surface area contributed by atoms with Crippen LogP contribution < -0.4 is 5.32 Å². The topological polar surface area (TPSA) is 24.9 Å². The van der Waals surface area contributed by atoms with Crippen molar-refractivity contribution in [3.8, 4) is 0 Å². The Bertz CT molecular complexity index is 794. The van der Waals surface area contributed by atoms with Crippen molar-refractivity contribution in [3.05, 3.63) is 53.6 Å². The van der Waals surface area contributed by atoms with E-state index >= 15 is 0 Å². The smallest absolute Gasteiger partial charge is 0.150 e. The maximum absolute atomic E-state index is 4.59. The lowest BCUT2D eigenvalue weighted by atomic mass is 10.1. The second-order valence-electron chi connectivity index (χ2n) is 5.30. The number of thiazole rings is 1. The highest BCUT2D eigenvalue weighted by molar-refractivity contribution is 8.00. The van der Waals surface area contributed by atoms with Crippen molar-refractivity contribution < 1.29 is 0 Å². The van der Waals surface area contributed by atoms with Gasteiger partial charge in [-0.25, -0.2) is 4.98 Å². The summed E-state index contributed by atoms with van der Waals surface area (Å²) < 4.78 is 2.39. The Kier molecular flexibility index (Phi) is 3.36. The van der Waals surface area contributed by atoms with Crippen molar-refractivity contribution in [3.63, 3.8) is 0 Å². The molecule has 3 aromatic rings. The molecule has 0 saturated heterocycles. The van der Waals surface area contributed by atoms with Gasteiger partial charge >= 0.3 is 0 Å². The third-order valence-corrected chi connectivity index (χ3v) is 6.02. The zero-order valence-corrected chi connectivity index (χ0v) is 13.4. The molecule has 0 saturated carbocycles. The average molecular weight is 312 g/mol. The molecule has 2 aromatic carbocycles. The van der Waals surface area contributed by atoms with E-state index in [1.54, 1.807) is 23.1 Å². The molecule has 0 spiro atoms. The summed E-state index contributed by atoms with van der Waals surface area (Å²) in [6.45, 7) is 0. The molecule has 0 aliphatic heterocycles. The SMILES string of the molecule is CSc1nc2ccc(NC3CCc4ccccc43)cc2s1. The average Bonchev–Trinajstić information content (AvgIpc) is 3.11. The Labute approximate surface area is 132 Å². The summed E-state index contributed by atoms with van der Waals surface area (Å²) in [6.07, 6.45) is 4.43. The van der Waals surface area contributed by atoms with Gasteiger partial charge in [0.25, 0.3) is 0 Å². The largest absolute Gasteiger partial charge is 0.378 e. The van der Waals surface area contributed by atoms with E-state index in [9.17, 15) is 0 Å². The van der Waals surface area contributed by atoms with Gasteiger partial charge in [0.05, 0.1) is 16.3 Å². The molecule has 1 aliphatic rings. The summed E-state index contributed by atoms with van der Waals surface area (Å²) in [5.74, 6) is 0. The quantitative estimate of drug-likeness (QED) is 0.680. The molecule has 1 atom stereocenters. The highest BCUT2D eigenvalue weighted by atomic mass is 32.2. The first-order valence-corrected chi connectivity index (χ1v) is 9.16. The number of nitrogens with one attached hydrogen (secondary N) is 1. The molecule has 1 N–H and O–H groups in total. The standard InChI is InChI=1S/C17H16N2S2/c1-20-17-19-15-9-7-12(10-16(15)21-17)18-14-8-6-11-4-2-3-5-13(11)14/h2-5,7,9-10,14,18H,6,8H2,1H3. The van der Waals surface area contributed by atoms with Crippen LogP contribution in [0.5, 0.6) is 0 Å². The summed E-state index contributed by atoms with van der Waals surface area (Å²) in [6, 6.07) is 15.7. The molecule has 21 heavy (non-hydrogen) atoms. The number of hydrogen-bond donors (Lipinski definition) is 1. The van der Waals surface area contributed by atoms with Gasteiger partial charge in [-0.05, 0) is 48.4 Å². The van der Waals surface area contributed by atoms with Gasteiger partial charge in [-0.15, -0.1) is 11.3 Å². The fourth-order valence-electron chi connectivity index (χ4n) is 2.99. The van der Waals surface area contributed by atoms with Gasteiger partial charge in [0, 0.05) is 5.69 Å². The number of aromatic nitrogens is 1. The highest BCUT2D eigenvalue weighted by Crippen LogP contribution is 2.35. The summed E-state index contributed by atoms with van der Waals surface area (Å²) in [5.41, 5.74) is 5.23. The van der Waals surface area contributed by atoms with Crippen LogP contribution in [0.25, 0.3) is 10.2 Å². The first kappa shape index (κ1) is 13.2. The number of rotatable bonds is 3. The van der Waals surface area contributed by atoms with E-state index in [2.05, 4.69) is 59.0 Å². The van der Waals surface area contributed by atoms with Crippen LogP contribution in [-0.2, 0) is 6.42 Å². The van der Waals surface area contributed by atoms with Crippen molar-refractivity contribution in [1.82, 2.24) is 4.98 Å². The van der Waals surface area contributed by atoms with Crippen LogP contribution in [0.15, 0.2) is 46.8 Å². The minimum atomic E-state index is 0.437. The second-order valence-corrected chi connectivity index (χ2v) is 7.38. The van der Waals surface area contributed by atoms with Gasteiger partial charge in [-0.3, -0.25) is 0 Å². The van der Waals surface area contributed by atoms with E-state index in [4.69, 9.17) is 0 Å². The minimum Gasteiger partial charge on any atom is -0.378 e. The number of fused-ring (bicyclic) bond motifs is 2. The van der Waals surface area contributed by atoms with Crippen molar-refractivity contribution in [2.45, 2.75) is 23.2 Å². The van der Waals surface area contributed by atoms with Crippen LogP contribution in [0.4, 0.5) is 5.69 Å². The fourth-order valence-corrected chi connectivity index (χ4v) is 4.52. The Balaban J connectivity index is 1.63. The van der Waals surface area contributed by atoms with Crippen molar-refractivity contribution >= 4 is 39.0 Å². The molecule has 4 rings (SSSR count). The monoisotopic (exact) mass is 312 g/mol. The lowest BCUT2D eigenvalue weighted by molar-refractivity contribution is 0.762. The number of nitrogens with zero attached hydrogens (tertiary/aromatic N) is 1. The molecule has 0 radical (unpaired) electrons. The number of anilines is 1. The molecule has 1 aliphatic carbocycles. The molecular formula is C17H16N2S2. The van der Waals surface area contributed by atoms with Crippen LogP contribution in [0.1, 0.15) is 23.6 Å². The summed E-state index contributed by atoms with van der Waals surface area (Å²) in [7, 11) is 0. The molecule has 4 heteroatoms. The number of benzene rings is 2. The number of thioether (sulfide) groups is 1. The number of aryl methyl sites for hydroxylation is 1. The first-order valence-electron chi connectivity index (χ1n) is 7.12. The molecular weight excluding hydrogens is 296 g/mol. The predicted molar refractivity (Wildman–Crippen MR) is 92.5 cm³/mol. The molecule has 1 unspecified atom stereocenters. The molecule has 1 aromatic heterocycles. The van der Waals surface area contributed by atoms with Gasteiger partial charge < -0.3 is 5.32 Å². The summed E-state index contributed by atoms with van der Waals surface area (Å²) in [4.78, 5) is 4.59. The van der Waals surface area contributed by atoms with Crippen LogP contribution in [0.2, 0.25) is 0 Å². The normalized spacial score (nSPS) is 17.1. The fraction of sp³-hybridized carbons (Fsp3) is 0.235. The molecule has 0 amide bonds. The minimum absolute atomic E-state index is 0.437. The summed E-state index contributed by atoms with van der Waals surface area (Å²) >= 11 is 3.48. The van der Waals surface area contributed by atoms with Crippen molar-refractivity contribution in [1.29, 1.82) is 0 Å². The second kappa shape index (κ2) is 5.35. The molecule has 2 nitrogen and oxygen atoms in total. The Morgan fingerprint density at radius 3 is 3.05 bits per heavy atom. The van der Waals surface area contributed by atoms with Gasteiger partial charge in [-0.2, -0.15) is 0 Å². The molecule has 0 fully saturated rings. The van der Waals surface area contributed by atoms with Gasteiger partial charge in [-0.1, -0.05) is 36.0 Å². The van der Waals surface area contributed by atoms with Crippen molar-refractivity contribution in [2.75, 3.05) is 11.6 Å². The number of hydrogen-bond acceptors (Lipinski definition) is 4. The van der Waals surface area contributed by atoms with Crippen LogP contribution in [0.3, 0.4) is 0 Å². The van der Waals surface area contributed by atoms with Gasteiger partial charge in [0.15, 0.2) is 4.34 Å². The Morgan fingerprint density at radius 1 is 1.24 bits per heavy atom. The highest BCUT2D eigenvalue weighted by Gasteiger charge is 2.21. The van der Waals surface area contributed by atoms with E-state index in [-0.39, 0.29) is 0 Å². The predicted octanol–water partition coefficient (Wildman–Crippen LogP) is 5.12. The zero-order chi connectivity index (χ0) is 14.2. The third kappa shape index (κ3) is 2.43. The van der Waals surface area contributed by atoms with Crippen molar-refractivity contribution in [2.24, 2.45) is 0 Å². The Hall–Kier alpha value is -1.52. The van der Waals surface area contributed by atoms with E-state index in [1.807, 2.05) is 0 Å². The lowest BCUT2D eigenvalue weighted by Gasteiger charge is -2.15. The van der Waals surface area contributed by atoms with Gasteiger partial charge in [0.2, 0.25) is 0 Å². The Morgan fingerprint density at radius 2 is 2.14 bits per heavy atom. The van der Waals surface area contributed by atoms with Crippen LogP contribution in [0, 0.1) is 0 Å². The first-order chi connectivity index (χ1) is 10.3. The van der Waals surface area contributed by atoms with Crippen LogP contribution >= 0.6 is 23.1 Å². The van der Waals surface area contributed by atoms with E-state index in [1.165, 1.54) is 34.4 Å². The lowest BCUT2D eigenvalue weighted by Crippen LogP contribution is -2.06. The maximum Gasteiger partial charge on any atom is 0.150 e. The maximum atomic E-state index is 4.59. The molecule has 0 bridgehead atoms. The van der Waals surface area contributed by atoms with E-state index < -0.39 is 0 Å². The third-order valence-electron chi connectivity index (χ3n) is 4.02. The van der Waals surface area contributed by atoms with E-state index in [0.717, 1.165) is 9.86 Å². The van der Waals surface area contributed by atoms with Gasteiger partial charge in [0.1, 0.15) is 0 Å². The van der Waals surface area contributed by atoms with Crippen LogP contribution in [-0.4, -0.2) is 11.2 Å². The zero-order valence-electron chi connectivity index (χ0n) is 11.8. The molecule has 1 heterocycles. The summed E-state index contributed by atoms with van der Waals surface area (Å²) in [5, 5.41) is 3.69. The molecule has 106 valence electrons. The van der Waals surface area contributed by atoms with E-state index in [0.29, 0.717) is 6.04 Å².